The van der Waals surface area contributed by atoms with Crippen LogP contribution in [0, 0.1) is 0 Å². The van der Waals surface area contributed by atoms with Crippen molar-refractivity contribution in [2.24, 2.45) is 0 Å². The first kappa shape index (κ1) is 17.6. The first-order valence-electron chi connectivity index (χ1n) is 9.83. The quantitative estimate of drug-likeness (QED) is 0.353. The third-order valence-electron chi connectivity index (χ3n) is 5.88. The maximum Gasteiger partial charge on any atom is 0.176 e. The van der Waals surface area contributed by atoms with Crippen molar-refractivity contribution in [3.05, 3.63) is 118 Å². The van der Waals surface area contributed by atoms with Crippen LogP contribution in [-0.2, 0) is 5.60 Å². The SMILES string of the molecule is OC1(c2ccccc2-c2ccccc2)c2ccc(Br)cc2-n2c1nc1ccccc12. The van der Waals surface area contributed by atoms with E-state index < -0.39 is 5.60 Å². The fourth-order valence-corrected chi connectivity index (χ4v) is 4.91. The second-order valence-electron chi connectivity index (χ2n) is 7.54. The van der Waals surface area contributed by atoms with Gasteiger partial charge in [-0.05, 0) is 35.4 Å². The van der Waals surface area contributed by atoms with E-state index in [-0.39, 0.29) is 0 Å². The minimum atomic E-state index is -1.36. The molecule has 4 aromatic carbocycles. The van der Waals surface area contributed by atoms with E-state index in [9.17, 15) is 5.11 Å². The van der Waals surface area contributed by atoms with Gasteiger partial charge in [0.25, 0.3) is 0 Å². The number of halogens is 1. The number of hydrogen-bond donors (Lipinski definition) is 1. The van der Waals surface area contributed by atoms with Crippen molar-refractivity contribution < 1.29 is 5.11 Å². The molecule has 6 rings (SSSR count). The van der Waals surface area contributed by atoms with Gasteiger partial charge in [-0.2, -0.15) is 0 Å². The van der Waals surface area contributed by atoms with Crippen molar-refractivity contribution in [3.8, 4) is 16.8 Å². The summed E-state index contributed by atoms with van der Waals surface area (Å²) in [6.07, 6.45) is 0. The predicted molar refractivity (Wildman–Crippen MR) is 123 cm³/mol. The average Bonchev–Trinajstić information content (AvgIpc) is 3.29. The lowest BCUT2D eigenvalue weighted by atomic mass is 9.82. The minimum Gasteiger partial charge on any atom is -0.373 e. The first-order chi connectivity index (χ1) is 14.7. The standard InChI is InChI=1S/C26H17BrN2O/c27-18-14-15-21-24(16-18)29-23-13-7-6-12-22(23)28-25(29)26(21,30)20-11-5-4-10-19(20)17-8-2-1-3-9-17/h1-16,30H. The van der Waals surface area contributed by atoms with Gasteiger partial charge in [0, 0.05) is 15.6 Å². The van der Waals surface area contributed by atoms with Gasteiger partial charge >= 0.3 is 0 Å². The van der Waals surface area contributed by atoms with Gasteiger partial charge in [0.2, 0.25) is 0 Å². The molecule has 0 saturated carbocycles. The van der Waals surface area contributed by atoms with Crippen LogP contribution in [0.15, 0.2) is 102 Å². The maximum absolute atomic E-state index is 12.4. The van der Waals surface area contributed by atoms with E-state index in [0.29, 0.717) is 5.82 Å². The topological polar surface area (TPSA) is 38.0 Å². The van der Waals surface area contributed by atoms with Crippen molar-refractivity contribution in [1.82, 2.24) is 9.55 Å². The van der Waals surface area contributed by atoms with Crippen LogP contribution in [0.1, 0.15) is 17.0 Å². The van der Waals surface area contributed by atoms with Crippen LogP contribution >= 0.6 is 15.9 Å². The van der Waals surface area contributed by atoms with Gasteiger partial charge in [0.1, 0.15) is 0 Å². The molecule has 1 N–H and O–H groups in total. The molecule has 3 nitrogen and oxygen atoms in total. The largest absolute Gasteiger partial charge is 0.373 e. The zero-order chi connectivity index (χ0) is 20.3. The summed E-state index contributed by atoms with van der Waals surface area (Å²) in [4.78, 5) is 4.90. The Kier molecular flexibility index (Phi) is 3.76. The number of para-hydroxylation sites is 2. The molecule has 1 atom stereocenters. The van der Waals surface area contributed by atoms with Crippen LogP contribution < -0.4 is 0 Å². The fraction of sp³-hybridized carbons (Fsp3) is 0.0385. The normalized spacial score (nSPS) is 17.1. The zero-order valence-corrected chi connectivity index (χ0v) is 17.5. The third-order valence-corrected chi connectivity index (χ3v) is 6.37. The monoisotopic (exact) mass is 452 g/mol. The Labute approximate surface area is 182 Å². The van der Waals surface area contributed by atoms with Gasteiger partial charge < -0.3 is 5.11 Å². The van der Waals surface area contributed by atoms with Crippen molar-refractivity contribution in [2.75, 3.05) is 0 Å². The highest BCUT2D eigenvalue weighted by atomic mass is 79.9. The summed E-state index contributed by atoms with van der Waals surface area (Å²) in [6, 6.07) is 32.3. The molecule has 1 aliphatic heterocycles. The molecule has 0 aliphatic carbocycles. The highest BCUT2D eigenvalue weighted by molar-refractivity contribution is 9.10. The number of rotatable bonds is 2. The number of aliphatic hydroxyl groups is 1. The summed E-state index contributed by atoms with van der Waals surface area (Å²) in [5.41, 5.74) is 5.16. The van der Waals surface area contributed by atoms with Crippen molar-refractivity contribution in [2.45, 2.75) is 5.60 Å². The molecular weight excluding hydrogens is 436 g/mol. The van der Waals surface area contributed by atoms with E-state index in [1.54, 1.807) is 0 Å². The third kappa shape index (κ3) is 2.32. The van der Waals surface area contributed by atoms with E-state index >= 15 is 0 Å². The molecule has 1 unspecified atom stereocenters. The van der Waals surface area contributed by atoms with Gasteiger partial charge in [-0.3, -0.25) is 4.57 Å². The average molecular weight is 453 g/mol. The van der Waals surface area contributed by atoms with Gasteiger partial charge in [0.05, 0.1) is 16.7 Å². The number of aromatic nitrogens is 2. The number of nitrogens with zero attached hydrogens (tertiary/aromatic N) is 2. The summed E-state index contributed by atoms with van der Waals surface area (Å²) < 4.78 is 3.04. The second-order valence-corrected chi connectivity index (χ2v) is 8.46. The summed E-state index contributed by atoms with van der Waals surface area (Å²) in [5, 5.41) is 12.4. The number of imidazole rings is 1. The zero-order valence-electron chi connectivity index (χ0n) is 16.0. The molecule has 4 heteroatoms. The van der Waals surface area contributed by atoms with E-state index in [2.05, 4.69) is 44.8 Å². The van der Waals surface area contributed by atoms with Gasteiger partial charge in [0.15, 0.2) is 11.4 Å². The number of benzene rings is 4. The molecule has 5 aromatic rings. The van der Waals surface area contributed by atoms with Gasteiger partial charge in [-0.1, -0.05) is 88.7 Å². The number of fused-ring (bicyclic) bond motifs is 5. The van der Waals surface area contributed by atoms with Crippen LogP contribution in [0.3, 0.4) is 0 Å². The Balaban J connectivity index is 1.73. The Morgan fingerprint density at radius 2 is 1.50 bits per heavy atom. The van der Waals surface area contributed by atoms with Crippen LogP contribution in [0.25, 0.3) is 27.8 Å². The Morgan fingerprint density at radius 1 is 0.767 bits per heavy atom. The lowest BCUT2D eigenvalue weighted by Crippen LogP contribution is -2.28. The lowest BCUT2D eigenvalue weighted by molar-refractivity contribution is 0.123. The van der Waals surface area contributed by atoms with Gasteiger partial charge in [-0.25, -0.2) is 4.98 Å². The van der Waals surface area contributed by atoms with Crippen LogP contribution in [0.2, 0.25) is 0 Å². The smallest absolute Gasteiger partial charge is 0.176 e. The minimum absolute atomic E-state index is 0.625. The van der Waals surface area contributed by atoms with Crippen molar-refractivity contribution in [1.29, 1.82) is 0 Å². The molecule has 144 valence electrons. The Morgan fingerprint density at radius 3 is 2.37 bits per heavy atom. The molecule has 1 aliphatic rings. The molecule has 1 aromatic heterocycles. The Hall–Kier alpha value is -3.21. The molecule has 0 radical (unpaired) electrons. The molecule has 0 saturated heterocycles. The summed E-state index contributed by atoms with van der Waals surface area (Å²) >= 11 is 3.60. The van der Waals surface area contributed by atoms with E-state index in [0.717, 1.165) is 43.4 Å². The lowest BCUT2D eigenvalue weighted by Gasteiger charge is -2.26. The first-order valence-corrected chi connectivity index (χ1v) is 10.6. The summed E-state index contributed by atoms with van der Waals surface area (Å²) in [7, 11) is 0. The predicted octanol–water partition coefficient (Wildman–Crippen LogP) is 6.05. The highest BCUT2D eigenvalue weighted by Crippen LogP contribution is 2.49. The number of hydrogen-bond acceptors (Lipinski definition) is 2. The Bertz CT molecular complexity index is 1420. The van der Waals surface area contributed by atoms with Crippen LogP contribution in [-0.4, -0.2) is 14.7 Å². The van der Waals surface area contributed by atoms with E-state index in [1.807, 2.05) is 72.8 Å². The second kappa shape index (κ2) is 6.39. The maximum atomic E-state index is 12.4. The van der Waals surface area contributed by atoms with E-state index in [4.69, 9.17) is 4.98 Å². The molecule has 2 heterocycles. The van der Waals surface area contributed by atoms with Gasteiger partial charge in [-0.15, -0.1) is 0 Å². The molecule has 0 bridgehead atoms. The fourth-order valence-electron chi connectivity index (χ4n) is 4.56. The van der Waals surface area contributed by atoms with Crippen molar-refractivity contribution in [3.63, 3.8) is 0 Å². The molecule has 0 fully saturated rings. The van der Waals surface area contributed by atoms with E-state index in [1.165, 1.54) is 0 Å². The molecule has 0 spiro atoms. The summed E-state index contributed by atoms with van der Waals surface area (Å²) in [5.74, 6) is 0.625. The van der Waals surface area contributed by atoms with Crippen molar-refractivity contribution >= 4 is 27.0 Å². The van der Waals surface area contributed by atoms with Crippen LogP contribution in [0.5, 0.6) is 0 Å². The molecule has 30 heavy (non-hydrogen) atoms. The molecule has 0 amide bonds. The molecular formula is C26H17BrN2O. The van der Waals surface area contributed by atoms with Crippen LogP contribution in [0.4, 0.5) is 0 Å². The highest BCUT2D eigenvalue weighted by Gasteiger charge is 2.47. The summed E-state index contributed by atoms with van der Waals surface area (Å²) in [6.45, 7) is 0.